The van der Waals surface area contributed by atoms with Crippen LogP contribution in [-0.4, -0.2) is 55.2 Å². The quantitative estimate of drug-likeness (QED) is 0.350. The lowest BCUT2D eigenvalue weighted by atomic mass is 10.2. The Balaban J connectivity index is 3.91. The summed E-state index contributed by atoms with van der Waals surface area (Å²) in [6, 6.07) is 0. The fourth-order valence-electron chi connectivity index (χ4n) is 1.19. The average Bonchev–Trinajstić information content (AvgIpc) is 2.25. The minimum absolute atomic E-state index is 0.0247. The van der Waals surface area contributed by atoms with Crippen molar-refractivity contribution < 1.29 is 9.53 Å². The van der Waals surface area contributed by atoms with Gasteiger partial charge in [0.15, 0.2) is 5.29 Å². The highest BCUT2D eigenvalue weighted by Crippen LogP contribution is 2.06. The van der Waals surface area contributed by atoms with E-state index in [1.54, 1.807) is 7.05 Å². The molecule has 0 aromatic rings. The molecule has 1 amide bonds. The summed E-state index contributed by atoms with van der Waals surface area (Å²) in [7, 11) is 3.54. The minimum atomic E-state index is -0.476. The van der Waals surface area contributed by atoms with Crippen molar-refractivity contribution in [1.82, 2.24) is 15.5 Å². The number of alkyl carbamates (subject to hydrolysis) is 1. The summed E-state index contributed by atoms with van der Waals surface area (Å²) in [5, 5.41) is 6.06. The Morgan fingerprint density at radius 3 is 2.53 bits per heavy atom. The van der Waals surface area contributed by atoms with E-state index >= 15 is 0 Å². The summed E-state index contributed by atoms with van der Waals surface area (Å²) < 4.78 is 5.14. The summed E-state index contributed by atoms with van der Waals surface area (Å²) in [6.07, 6.45) is -0.383. The molecule has 1 unspecified atom stereocenters. The molecule has 0 aliphatic rings. The van der Waals surface area contributed by atoms with Crippen molar-refractivity contribution in [3.05, 3.63) is 0 Å². The third-order valence-corrected chi connectivity index (χ3v) is 2.60. The van der Waals surface area contributed by atoms with Crippen molar-refractivity contribution in [3.63, 3.8) is 0 Å². The molecule has 1 atom stereocenters. The van der Waals surface area contributed by atoms with Crippen molar-refractivity contribution in [2.45, 2.75) is 39.5 Å². The highest BCUT2D eigenvalue weighted by Gasteiger charge is 2.16. The second kappa shape index (κ2) is 8.22. The first-order valence-corrected chi connectivity index (χ1v) is 6.59. The molecule has 112 valence electrons. The smallest absolute Gasteiger partial charge is 0.407 e. The molecule has 0 aliphatic carbocycles. The lowest BCUT2D eigenvalue weighted by Crippen LogP contribution is -2.46. The number of carbonyl (C=O) groups is 1. The summed E-state index contributed by atoms with van der Waals surface area (Å²) in [4.78, 5) is 17.2. The Morgan fingerprint density at radius 2 is 2.05 bits per heavy atom. The Kier molecular flexibility index (Phi) is 7.78. The Morgan fingerprint density at radius 1 is 1.47 bits per heavy atom. The SMILES string of the molecule is CN=C(Cl)NC(C)N(C)CCNC(=O)OC(C)(C)C. The van der Waals surface area contributed by atoms with Gasteiger partial charge in [0.25, 0.3) is 0 Å². The van der Waals surface area contributed by atoms with Crippen LogP contribution in [0.15, 0.2) is 4.99 Å². The first-order valence-electron chi connectivity index (χ1n) is 6.21. The van der Waals surface area contributed by atoms with Gasteiger partial charge in [-0.25, -0.2) is 4.79 Å². The van der Waals surface area contributed by atoms with E-state index in [-0.39, 0.29) is 6.17 Å². The maximum Gasteiger partial charge on any atom is 0.407 e. The van der Waals surface area contributed by atoms with Gasteiger partial charge in [-0.3, -0.25) is 9.89 Å². The molecule has 0 saturated heterocycles. The number of amidine groups is 1. The number of likely N-dealkylation sites (N-methyl/N-ethyl adjacent to an activating group) is 1. The molecule has 0 aliphatic heterocycles. The second-order valence-corrected chi connectivity index (χ2v) is 5.60. The van der Waals surface area contributed by atoms with Crippen LogP contribution < -0.4 is 10.6 Å². The predicted molar refractivity (Wildman–Crippen MR) is 78.7 cm³/mol. The maximum atomic E-state index is 11.4. The van der Waals surface area contributed by atoms with Crippen LogP contribution >= 0.6 is 11.6 Å². The minimum Gasteiger partial charge on any atom is -0.444 e. The van der Waals surface area contributed by atoms with Gasteiger partial charge < -0.3 is 15.4 Å². The number of ether oxygens (including phenoxy) is 1. The highest BCUT2D eigenvalue weighted by molar-refractivity contribution is 6.64. The van der Waals surface area contributed by atoms with E-state index in [0.717, 1.165) is 0 Å². The van der Waals surface area contributed by atoms with Crippen LogP contribution in [0, 0.1) is 0 Å². The first kappa shape index (κ1) is 18.0. The lowest BCUT2D eigenvalue weighted by molar-refractivity contribution is 0.0521. The molecule has 0 saturated carbocycles. The number of halogens is 1. The van der Waals surface area contributed by atoms with Crippen molar-refractivity contribution in [2.75, 3.05) is 27.2 Å². The molecule has 0 bridgehead atoms. The summed E-state index contributed by atoms with van der Waals surface area (Å²) >= 11 is 5.78. The van der Waals surface area contributed by atoms with Gasteiger partial charge in [0.05, 0.1) is 6.17 Å². The zero-order valence-electron chi connectivity index (χ0n) is 12.6. The zero-order valence-corrected chi connectivity index (χ0v) is 13.3. The van der Waals surface area contributed by atoms with E-state index in [1.807, 2.05) is 39.6 Å². The molecule has 0 heterocycles. The van der Waals surface area contributed by atoms with Gasteiger partial charge in [-0.05, 0) is 46.3 Å². The topological polar surface area (TPSA) is 66.0 Å². The Labute approximate surface area is 120 Å². The number of hydrogen-bond acceptors (Lipinski definition) is 4. The van der Waals surface area contributed by atoms with E-state index in [1.165, 1.54) is 0 Å². The molecule has 0 aromatic heterocycles. The fourth-order valence-corrected chi connectivity index (χ4v) is 1.35. The zero-order chi connectivity index (χ0) is 15.1. The van der Waals surface area contributed by atoms with Crippen LogP contribution in [0.4, 0.5) is 4.79 Å². The molecule has 7 heteroatoms. The summed E-state index contributed by atoms with van der Waals surface area (Å²) in [5.41, 5.74) is -0.476. The van der Waals surface area contributed by atoms with E-state index < -0.39 is 11.7 Å². The van der Waals surface area contributed by atoms with Crippen molar-refractivity contribution in [3.8, 4) is 0 Å². The van der Waals surface area contributed by atoms with Crippen LogP contribution in [0.5, 0.6) is 0 Å². The molecule has 0 radical (unpaired) electrons. The van der Waals surface area contributed by atoms with Crippen LogP contribution in [0.2, 0.25) is 0 Å². The molecule has 19 heavy (non-hydrogen) atoms. The van der Waals surface area contributed by atoms with Gasteiger partial charge in [-0.15, -0.1) is 0 Å². The number of carbonyl (C=O) groups excluding carboxylic acids is 1. The number of hydrogen-bond donors (Lipinski definition) is 2. The molecular weight excluding hydrogens is 268 g/mol. The highest BCUT2D eigenvalue weighted by atomic mass is 35.5. The van der Waals surface area contributed by atoms with Crippen LogP contribution in [0.3, 0.4) is 0 Å². The molecular formula is C12H25ClN4O2. The molecule has 0 aromatic carbocycles. The monoisotopic (exact) mass is 292 g/mol. The van der Waals surface area contributed by atoms with Crippen LogP contribution in [0.25, 0.3) is 0 Å². The van der Waals surface area contributed by atoms with Gasteiger partial charge in [0, 0.05) is 20.1 Å². The number of nitrogens with one attached hydrogen (secondary N) is 2. The Hall–Kier alpha value is -1.01. The molecule has 6 nitrogen and oxygen atoms in total. The molecule has 2 N–H and O–H groups in total. The lowest BCUT2D eigenvalue weighted by Gasteiger charge is -2.26. The predicted octanol–water partition coefficient (Wildman–Crippen LogP) is 1.60. The largest absolute Gasteiger partial charge is 0.444 e. The number of amides is 1. The molecule has 0 spiro atoms. The third-order valence-electron chi connectivity index (χ3n) is 2.32. The van der Waals surface area contributed by atoms with E-state index in [4.69, 9.17) is 16.3 Å². The Bertz CT molecular complexity index is 315. The number of rotatable bonds is 5. The molecule has 0 rings (SSSR count). The van der Waals surface area contributed by atoms with Crippen molar-refractivity contribution in [2.24, 2.45) is 4.99 Å². The van der Waals surface area contributed by atoms with E-state index in [2.05, 4.69) is 15.6 Å². The average molecular weight is 293 g/mol. The maximum absolute atomic E-state index is 11.4. The van der Waals surface area contributed by atoms with Crippen LogP contribution in [0.1, 0.15) is 27.7 Å². The van der Waals surface area contributed by atoms with Gasteiger partial charge in [0.1, 0.15) is 5.60 Å². The van der Waals surface area contributed by atoms with E-state index in [0.29, 0.717) is 18.4 Å². The molecule has 0 fully saturated rings. The number of nitrogens with zero attached hydrogens (tertiary/aromatic N) is 2. The summed E-state index contributed by atoms with van der Waals surface area (Å²) in [5.74, 6) is 0. The van der Waals surface area contributed by atoms with Gasteiger partial charge >= 0.3 is 6.09 Å². The van der Waals surface area contributed by atoms with Crippen molar-refractivity contribution in [1.29, 1.82) is 0 Å². The summed E-state index contributed by atoms with van der Waals surface area (Å²) in [6.45, 7) is 8.62. The van der Waals surface area contributed by atoms with Gasteiger partial charge in [0.2, 0.25) is 0 Å². The standard InChI is InChI=1S/C12H25ClN4O2/c1-9(16-10(13)14-5)17(6)8-7-15-11(18)19-12(2,3)4/h9H,7-8H2,1-6H3,(H,14,16)(H,15,18). The van der Waals surface area contributed by atoms with Gasteiger partial charge in [-0.2, -0.15) is 0 Å². The van der Waals surface area contributed by atoms with Crippen molar-refractivity contribution >= 4 is 23.0 Å². The number of aliphatic imine (C=N–C) groups is 1. The fraction of sp³-hybridized carbons (Fsp3) is 0.833. The van der Waals surface area contributed by atoms with E-state index in [9.17, 15) is 4.79 Å². The normalized spacial score (nSPS) is 14.2. The third kappa shape index (κ3) is 9.55. The second-order valence-electron chi connectivity index (χ2n) is 5.24. The van der Waals surface area contributed by atoms with Crippen LogP contribution in [-0.2, 0) is 4.74 Å². The first-order chi connectivity index (χ1) is 8.65. The van der Waals surface area contributed by atoms with Gasteiger partial charge in [-0.1, -0.05) is 0 Å².